The van der Waals surface area contributed by atoms with Crippen LogP contribution in [0.4, 0.5) is 0 Å². The summed E-state index contributed by atoms with van der Waals surface area (Å²) in [5, 5.41) is 10.6. The number of hydrogen-bond acceptors (Lipinski definition) is 4. The highest BCUT2D eigenvalue weighted by Crippen LogP contribution is 2.25. The molecule has 32 heavy (non-hydrogen) atoms. The highest BCUT2D eigenvalue weighted by Gasteiger charge is 2.12. The van der Waals surface area contributed by atoms with E-state index < -0.39 is 0 Å². The van der Waals surface area contributed by atoms with E-state index in [4.69, 9.17) is 4.42 Å². The van der Waals surface area contributed by atoms with Gasteiger partial charge < -0.3 is 9.52 Å². The average molecular weight is 443 g/mol. The standard InChI is InChI=1S/C28H42O4/c1-21(2)15-13-11-9-7-5-4-6-8-10-12-14-16-23-18-24(30)19-27-28(23)26(31)20-25(32-27)17-22(3)29/h18-21,30H,4-17H2,1-3H3. The maximum absolute atomic E-state index is 12.6. The van der Waals surface area contributed by atoms with Gasteiger partial charge in [0.1, 0.15) is 22.9 Å². The van der Waals surface area contributed by atoms with E-state index >= 15 is 0 Å². The number of carbonyl (C=O) groups excluding carboxylic acids is 1. The molecule has 0 saturated heterocycles. The zero-order valence-corrected chi connectivity index (χ0v) is 20.4. The molecule has 2 aromatic rings. The van der Waals surface area contributed by atoms with Gasteiger partial charge in [0.15, 0.2) is 5.43 Å². The predicted molar refractivity (Wildman–Crippen MR) is 132 cm³/mol. The molecule has 1 N–H and O–H groups in total. The van der Waals surface area contributed by atoms with Crippen molar-refractivity contribution in [3.05, 3.63) is 39.7 Å². The number of fused-ring (bicyclic) bond motifs is 1. The van der Waals surface area contributed by atoms with Crippen LogP contribution in [0.25, 0.3) is 11.0 Å². The molecule has 0 aliphatic rings. The zero-order valence-electron chi connectivity index (χ0n) is 20.4. The summed E-state index contributed by atoms with van der Waals surface area (Å²) in [4.78, 5) is 24.0. The van der Waals surface area contributed by atoms with E-state index in [0.29, 0.717) is 16.7 Å². The van der Waals surface area contributed by atoms with Crippen LogP contribution in [0.3, 0.4) is 0 Å². The number of hydrogen-bond donors (Lipinski definition) is 1. The molecule has 1 heterocycles. The Hall–Kier alpha value is -2.10. The van der Waals surface area contributed by atoms with Crippen LogP contribution in [0.15, 0.2) is 27.4 Å². The summed E-state index contributed by atoms with van der Waals surface area (Å²) in [6, 6.07) is 4.55. The molecule has 0 bridgehead atoms. The van der Waals surface area contributed by atoms with Gasteiger partial charge in [-0.15, -0.1) is 0 Å². The smallest absolute Gasteiger partial charge is 0.193 e. The van der Waals surface area contributed by atoms with Crippen LogP contribution in [0.2, 0.25) is 0 Å². The van der Waals surface area contributed by atoms with Crippen molar-refractivity contribution < 1.29 is 14.3 Å². The molecule has 178 valence electrons. The van der Waals surface area contributed by atoms with Crippen LogP contribution >= 0.6 is 0 Å². The van der Waals surface area contributed by atoms with Crippen molar-refractivity contribution in [2.75, 3.05) is 0 Å². The van der Waals surface area contributed by atoms with E-state index in [1.54, 1.807) is 6.07 Å². The van der Waals surface area contributed by atoms with Crippen molar-refractivity contribution in [3.8, 4) is 5.75 Å². The highest BCUT2D eigenvalue weighted by atomic mass is 16.3. The van der Waals surface area contributed by atoms with Crippen molar-refractivity contribution >= 4 is 16.8 Å². The van der Waals surface area contributed by atoms with Gasteiger partial charge in [-0.1, -0.05) is 84.5 Å². The zero-order chi connectivity index (χ0) is 23.3. The van der Waals surface area contributed by atoms with Gasteiger partial charge >= 0.3 is 0 Å². The predicted octanol–water partition coefficient (Wildman–Crippen LogP) is 7.51. The third-order valence-corrected chi connectivity index (χ3v) is 6.10. The molecule has 0 amide bonds. The molecule has 0 unspecified atom stereocenters. The molecule has 2 rings (SSSR count). The van der Waals surface area contributed by atoms with Crippen molar-refractivity contribution in [1.29, 1.82) is 0 Å². The highest BCUT2D eigenvalue weighted by molar-refractivity contribution is 5.83. The fourth-order valence-electron chi connectivity index (χ4n) is 4.39. The lowest BCUT2D eigenvalue weighted by atomic mass is 10.00. The Morgan fingerprint density at radius 3 is 2.00 bits per heavy atom. The van der Waals surface area contributed by atoms with E-state index in [-0.39, 0.29) is 23.4 Å². The lowest BCUT2D eigenvalue weighted by molar-refractivity contribution is -0.116. The van der Waals surface area contributed by atoms with Crippen molar-refractivity contribution in [2.24, 2.45) is 5.92 Å². The van der Waals surface area contributed by atoms with Gasteiger partial charge in [0.25, 0.3) is 0 Å². The number of Topliss-reactive ketones (excluding diaryl/α,β-unsaturated/α-hetero) is 1. The number of benzene rings is 1. The van der Waals surface area contributed by atoms with E-state index in [1.807, 2.05) is 0 Å². The molecule has 4 heteroatoms. The number of phenolic OH excluding ortho intramolecular Hbond substituents is 1. The Balaban J connectivity index is 1.68. The lowest BCUT2D eigenvalue weighted by Gasteiger charge is -2.08. The maximum Gasteiger partial charge on any atom is 0.193 e. The minimum Gasteiger partial charge on any atom is -0.508 e. The van der Waals surface area contributed by atoms with E-state index in [2.05, 4.69) is 13.8 Å². The number of ketones is 1. The third-order valence-electron chi connectivity index (χ3n) is 6.10. The number of carbonyl (C=O) groups is 1. The van der Waals surface area contributed by atoms with Gasteiger partial charge in [-0.25, -0.2) is 0 Å². The molecule has 0 fully saturated rings. The molecular weight excluding hydrogens is 400 g/mol. The van der Waals surface area contributed by atoms with Gasteiger partial charge in [0.05, 0.1) is 11.8 Å². The first-order chi connectivity index (χ1) is 15.4. The normalized spacial score (nSPS) is 11.5. The second-order valence-corrected chi connectivity index (χ2v) is 9.76. The van der Waals surface area contributed by atoms with Crippen molar-refractivity contribution in [3.63, 3.8) is 0 Å². The van der Waals surface area contributed by atoms with Gasteiger partial charge in [-0.05, 0) is 37.3 Å². The SMILES string of the molecule is CC(=O)Cc1cc(=O)c2c(CCCCCCCCCCCCCC(C)C)cc(O)cc2o1. The van der Waals surface area contributed by atoms with Crippen molar-refractivity contribution in [2.45, 2.75) is 111 Å². The Kier molecular flexibility index (Phi) is 11.5. The summed E-state index contributed by atoms with van der Waals surface area (Å²) in [5.41, 5.74) is 1.07. The van der Waals surface area contributed by atoms with Crippen LogP contribution in [-0.4, -0.2) is 10.9 Å². The minimum absolute atomic E-state index is 0.0606. The first-order valence-corrected chi connectivity index (χ1v) is 12.6. The Morgan fingerprint density at radius 1 is 0.875 bits per heavy atom. The first kappa shape index (κ1) is 26.2. The van der Waals surface area contributed by atoms with E-state index in [0.717, 1.165) is 30.7 Å². The van der Waals surface area contributed by atoms with Crippen LogP contribution in [0, 0.1) is 5.92 Å². The molecular formula is C28H42O4. The van der Waals surface area contributed by atoms with Gasteiger partial charge in [-0.2, -0.15) is 0 Å². The fourth-order valence-corrected chi connectivity index (χ4v) is 4.39. The fraction of sp³-hybridized carbons (Fsp3) is 0.643. The second-order valence-electron chi connectivity index (χ2n) is 9.76. The quantitative estimate of drug-likeness (QED) is 0.273. The number of aromatic hydroxyl groups is 1. The summed E-state index contributed by atoms with van der Waals surface area (Å²) in [5.74, 6) is 1.22. The number of rotatable bonds is 16. The van der Waals surface area contributed by atoms with Gasteiger partial charge in [0.2, 0.25) is 0 Å². The number of unbranched alkanes of at least 4 members (excludes halogenated alkanes) is 10. The third kappa shape index (κ3) is 9.58. The molecule has 0 aliphatic carbocycles. The molecule has 1 aromatic carbocycles. The molecule has 0 atom stereocenters. The van der Waals surface area contributed by atoms with Crippen LogP contribution in [0.5, 0.6) is 5.75 Å². The summed E-state index contributed by atoms with van der Waals surface area (Å²) in [6.45, 7) is 6.07. The maximum atomic E-state index is 12.6. The lowest BCUT2D eigenvalue weighted by Crippen LogP contribution is -2.07. The Bertz CT molecular complexity index is 894. The molecule has 0 saturated carbocycles. The summed E-state index contributed by atoms with van der Waals surface area (Å²) >= 11 is 0. The van der Waals surface area contributed by atoms with Gasteiger partial charge in [-0.3, -0.25) is 9.59 Å². The Morgan fingerprint density at radius 2 is 1.44 bits per heavy atom. The monoisotopic (exact) mass is 442 g/mol. The second kappa shape index (κ2) is 14.1. The average Bonchev–Trinajstić information content (AvgIpc) is 2.70. The molecule has 0 aliphatic heterocycles. The van der Waals surface area contributed by atoms with Crippen LogP contribution in [0.1, 0.15) is 109 Å². The Labute approximate surface area is 193 Å². The summed E-state index contributed by atoms with van der Waals surface area (Å²) < 4.78 is 5.72. The molecule has 0 spiro atoms. The summed E-state index contributed by atoms with van der Waals surface area (Å²) in [7, 11) is 0. The summed E-state index contributed by atoms with van der Waals surface area (Å²) in [6.07, 6.45) is 16.3. The van der Waals surface area contributed by atoms with Crippen molar-refractivity contribution in [1.82, 2.24) is 0 Å². The first-order valence-electron chi connectivity index (χ1n) is 12.6. The minimum atomic E-state index is -0.137. The van der Waals surface area contributed by atoms with Crippen LogP contribution < -0.4 is 5.43 Å². The molecule has 1 aromatic heterocycles. The topological polar surface area (TPSA) is 67.5 Å². The van der Waals surface area contributed by atoms with Crippen LogP contribution in [-0.2, 0) is 17.6 Å². The largest absolute Gasteiger partial charge is 0.508 e. The number of phenols is 1. The molecule has 4 nitrogen and oxygen atoms in total. The number of aryl methyl sites for hydroxylation is 1. The van der Waals surface area contributed by atoms with E-state index in [1.165, 1.54) is 83.3 Å². The van der Waals surface area contributed by atoms with E-state index in [9.17, 15) is 14.7 Å². The van der Waals surface area contributed by atoms with Gasteiger partial charge in [0, 0.05) is 12.1 Å². The molecule has 0 radical (unpaired) electrons.